The molecule has 1 heterocycles. The van der Waals surface area contributed by atoms with E-state index in [0.29, 0.717) is 11.3 Å². The Morgan fingerprint density at radius 1 is 1.32 bits per heavy atom. The van der Waals surface area contributed by atoms with Gasteiger partial charge >= 0.3 is 5.97 Å². The van der Waals surface area contributed by atoms with Crippen LogP contribution in [0.25, 0.3) is 6.08 Å². The zero-order valence-corrected chi connectivity index (χ0v) is 9.74. The fourth-order valence-corrected chi connectivity index (χ4v) is 1.41. The molecular weight excluding hydrogens is 248 g/mol. The largest absolute Gasteiger partial charge is 0.478 e. The van der Waals surface area contributed by atoms with Crippen LogP contribution in [0.15, 0.2) is 47.1 Å². The Balaban J connectivity index is 2.11. The zero-order valence-electron chi connectivity index (χ0n) is 9.74. The number of aliphatic carboxylic acids is 1. The van der Waals surface area contributed by atoms with Crippen LogP contribution in [0.4, 0.5) is 5.69 Å². The molecule has 0 unspecified atom stereocenters. The summed E-state index contributed by atoms with van der Waals surface area (Å²) in [4.78, 5) is 22.1. The van der Waals surface area contributed by atoms with Gasteiger partial charge in [-0.25, -0.2) is 4.79 Å². The van der Waals surface area contributed by atoms with Crippen LogP contribution in [0.2, 0.25) is 0 Å². The van der Waals surface area contributed by atoms with E-state index in [1.165, 1.54) is 18.3 Å². The van der Waals surface area contributed by atoms with E-state index in [9.17, 15) is 9.59 Å². The molecule has 2 aromatic rings. The Labute approximate surface area is 108 Å². The number of carbonyl (C=O) groups is 2. The van der Waals surface area contributed by atoms with Gasteiger partial charge in [-0.3, -0.25) is 4.79 Å². The van der Waals surface area contributed by atoms with Gasteiger partial charge in [0.15, 0.2) is 0 Å². The van der Waals surface area contributed by atoms with Gasteiger partial charge in [0, 0.05) is 17.8 Å². The average Bonchev–Trinajstić information content (AvgIpc) is 2.91. The summed E-state index contributed by atoms with van der Waals surface area (Å²) in [6.07, 6.45) is 3.84. The van der Waals surface area contributed by atoms with E-state index in [-0.39, 0.29) is 5.76 Å². The highest BCUT2D eigenvalue weighted by atomic mass is 16.5. The predicted octanol–water partition coefficient (Wildman–Crippen LogP) is 2.02. The Morgan fingerprint density at radius 3 is 2.84 bits per heavy atom. The van der Waals surface area contributed by atoms with E-state index in [1.807, 2.05) is 0 Å². The highest BCUT2D eigenvalue weighted by Crippen LogP contribution is 2.13. The van der Waals surface area contributed by atoms with Crippen LogP contribution >= 0.6 is 0 Å². The van der Waals surface area contributed by atoms with E-state index in [2.05, 4.69) is 10.5 Å². The van der Waals surface area contributed by atoms with Gasteiger partial charge in [0.05, 0.1) is 6.20 Å². The van der Waals surface area contributed by atoms with Gasteiger partial charge in [0.1, 0.15) is 0 Å². The number of carboxylic acid groups (broad SMARTS) is 1. The number of aromatic nitrogens is 1. The first kappa shape index (κ1) is 12.6. The smallest absolute Gasteiger partial charge is 0.328 e. The number of anilines is 1. The number of benzene rings is 1. The monoisotopic (exact) mass is 258 g/mol. The van der Waals surface area contributed by atoms with Crippen LogP contribution in [-0.2, 0) is 4.79 Å². The second-order valence-electron chi connectivity index (χ2n) is 3.63. The van der Waals surface area contributed by atoms with Crippen molar-refractivity contribution in [1.29, 1.82) is 0 Å². The van der Waals surface area contributed by atoms with Crippen LogP contribution < -0.4 is 5.32 Å². The maximum atomic E-state index is 11.7. The van der Waals surface area contributed by atoms with Gasteiger partial charge in [0.25, 0.3) is 5.91 Å². The summed E-state index contributed by atoms with van der Waals surface area (Å²) in [5.74, 6) is -1.35. The normalized spacial score (nSPS) is 10.5. The molecule has 0 radical (unpaired) electrons. The molecule has 0 spiro atoms. The summed E-state index contributed by atoms with van der Waals surface area (Å²) in [5.41, 5.74) is 1.20. The van der Waals surface area contributed by atoms with Gasteiger partial charge in [-0.1, -0.05) is 17.3 Å². The Bertz CT molecular complexity index is 617. The second-order valence-corrected chi connectivity index (χ2v) is 3.63. The van der Waals surface area contributed by atoms with E-state index < -0.39 is 11.9 Å². The molecule has 0 fully saturated rings. The summed E-state index contributed by atoms with van der Waals surface area (Å²) in [6.45, 7) is 0. The van der Waals surface area contributed by atoms with Crippen molar-refractivity contribution in [1.82, 2.24) is 5.16 Å². The molecule has 96 valence electrons. The van der Waals surface area contributed by atoms with Crippen LogP contribution in [0.5, 0.6) is 0 Å². The number of nitrogens with zero attached hydrogens (tertiary/aromatic N) is 1. The van der Waals surface area contributed by atoms with Crippen molar-refractivity contribution in [3.63, 3.8) is 0 Å². The molecule has 0 atom stereocenters. The molecule has 1 aromatic carbocycles. The number of hydrogen-bond acceptors (Lipinski definition) is 4. The lowest BCUT2D eigenvalue weighted by Gasteiger charge is -2.03. The van der Waals surface area contributed by atoms with E-state index in [1.54, 1.807) is 24.3 Å². The molecule has 6 nitrogen and oxygen atoms in total. The van der Waals surface area contributed by atoms with Gasteiger partial charge in [-0.05, 0) is 23.8 Å². The number of amides is 1. The van der Waals surface area contributed by atoms with E-state index in [4.69, 9.17) is 9.63 Å². The Morgan fingerprint density at radius 2 is 2.16 bits per heavy atom. The van der Waals surface area contributed by atoms with E-state index >= 15 is 0 Å². The molecule has 0 aliphatic carbocycles. The number of carbonyl (C=O) groups excluding carboxylic acids is 1. The predicted molar refractivity (Wildman–Crippen MR) is 67.6 cm³/mol. The molecule has 0 aliphatic heterocycles. The van der Waals surface area contributed by atoms with Gasteiger partial charge < -0.3 is 14.9 Å². The number of carboxylic acids is 1. The minimum atomic E-state index is -1.03. The standard InChI is InChI=1S/C13H10N2O4/c16-12(17)5-4-9-2-1-3-10(8-9)15-13(18)11-6-7-14-19-11/h1-8H,(H,15,18)(H,16,17)/b5-4+. The van der Waals surface area contributed by atoms with Crippen molar-refractivity contribution >= 4 is 23.6 Å². The molecule has 2 rings (SSSR count). The molecular formula is C13H10N2O4. The lowest BCUT2D eigenvalue weighted by atomic mass is 10.2. The first-order valence-electron chi connectivity index (χ1n) is 5.38. The first-order chi connectivity index (χ1) is 9.15. The highest BCUT2D eigenvalue weighted by molar-refractivity contribution is 6.02. The van der Waals surface area contributed by atoms with Crippen molar-refractivity contribution in [2.75, 3.05) is 5.32 Å². The fraction of sp³-hybridized carbons (Fsp3) is 0. The summed E-state index contributed by atoms with van der Waals surface area (Å²) in [7, 11) is 0. The van der Waals surface area contributed by atoms with Crippen molar-refractivity contribution in [3.8, 4) is 0 Å². The summed E-state index contributed by atoms with van der Waals surface area (Å²) < 4.78 is 4.72. The van der Waals surface area contributed by atoms with Crippen molar-refractivity contribution in [2.45, 2.75) is 0 Å². The molecule has 0 saturated heterocycles. The van der Waals surface area contributed by atoms with Gasteiger partial charge in [-0.15, -0.1) is 0 Å². The molecule has 0 aliphatic rings. The highest BCUT2D eigenvalue weighted by Gasteiger charge is 2.09. The SMILES string of the molecule is O=C(O)/C=C/c1cccc(NC(=O)c2ccno2)c1. The summed E-state index contributed by atoms with van der Waals surface area (Å²) in [6, 6.07) is 8.21. The fourth-order valence-electron chi connectivity index (χ4n) is 1.41. The Kier molecular flexibility index (Phi) is 3.72. The van der Waals surface area contributed by atoms with Crippen molar-refractivity contribution < 1.29 is 19.2 Å². The van der Waals surface area contributed by atoms with Gasteiger partial charge in [-0.2, -0.15) is 0 Å². The first-order valence-corrected chi connectivity index (χ1v) is 5.38. The average molecular weight is 258 g/mol. The lowest BCUT2D eigenvalue weighted by Crippen LogP contribution is -2.10. The lowest BCUT2D eigenvalue weighted by molar-refractivity contribution is -0.131. The van der Waals surface area contributed by atoms with Crippen molar-refractivity contribution in [2.24, 2.45) is 0 Å². The number of nitrogens with one attached hydrogen (secondary N) is 1. The Hall–Kier alpha value is -2.89. The summed E-state index contributed by atoms with van der Waals surface area (Å²) in [5, 5.41) is 14.6. The van der Waals surface area contributed by atoms with Crippen LogP contribution in [0.3, 0.4) is 0 Å². The minimum absolute atomic E-state index is 0.103. The van der Waals surface area contributed by atoms with Crippen molar-refractivity contribution in [3.05, 3.63) is 53.9 Å². The third kappa shape index (κ3) is 3.53. The number of rotatable bonds is 4. The number of hydrogen-bond donors (Lipinski definition) is 2. The molecule has 1 amide bonds. The minimum Gasteiger partial charge on any atom is -0.478 e. The van der Waals surface area contributed by atoms with Crippen LogP contribution in [0.1, 0.15) is 16.1 Å². The molecule has 19 heavy (non-hydrogen) atoms. The maximum absolute atomic E-state index is 11.7. The third-order valence-corrected chi connectivity index (χ3v) is 2.22. The van der Waals surface area contributed by atoms with Crippen LogP contribution in [0, 0.1) is 0 Å². The maximum Gasteiger partial charge on any atom is 0.328 e. The zero-order chi connectivity index (χ0) is 13.7. The second kappa shape index (κ2) is 5.63. The molecule has 6 heteroatoms. The molecule has 0 bridgehead atoms. The van der Waals surface area contributed by atoms with Crippen LogP contribution in [-0.4, -0.2) is 22.1 Å². The third-order valence-electron chi connectivity index (χ3n) is 2.22. The van der Waals surface area contributed by atoms with E-state index in [0.717, 1.165) is 6.08 Å². The molecule has 2 N–H and O–H groups in total. The summed E-state index contributed by atoms with van der Waals surface area (Å²) >= 11 is 0. The molecule has 1 aromatic heterocycles. The quantitative estimate of drug-likeness (QED) is 0.818. The molecule has 0 saturated carbocycles. The van der Waals surface area contributed by atoms with Gasteiger partial charge in [0.2, 0.25) is 5.76 Å². The topological polar surface area (TPSA) is 92.4 Å².